The van der Waals surface area contributed by atoms with Gasteiger partial charge in [-0.2, -0.15) is 0 Å². The lowest BCUT2D eigenvalue weighted by atomic mass is 10.2. The monoisotopic (exact) mass is 204 g/mol. The van der Waals surface area contributed by atoms with Gasteiger partial charge in [0.2, 0.25) is 0 Å². The smallest absolute Gasteiger partial charge is 0.121 e. The van der Waals surface area contributed by atoms with E-state index in [0.29, 0.717) is 5.56 Å². The molecule has 0 fully saturated rings. The number of aliphatic hydroxyl groups excluding tert-OH is 1. The van der Waals surface area contributed by atoms with E-state index < -0.39 is 0 Å². The van der Waals surface area contributed by atoms with Crippen LogP contribution in [-0.4, -0.2) is 10.2 Å². The van der Waals surface area contributed by atoms with Crippen LogP contribution in [0.2, 0.25) is 0 Å². The number of rotatable bonds is 1. The number of hydrogen-bond acceptors (Lipinski definition) is 2. The Morgan fingerprint density at radius 3 is 2.20 bits per heavy atom. The molecule has 0 atom stereocenters. The topological polar surface area (TPSA) is 40.5 Å². The predicted molar refractivity (Wildman–Crippen MR) is 44.4 cm³/mol. The Morgan fingerprint density at radius 1 is 1.20 bits per heavy atom. The van der Waals surface area contributed by atoms with Crippen LogP contribution >= 0.6 is 17.0 Å². The van der Waals surface area contributed by atoms with Gasteiger partial charge >= 0.3 is 0 Å². The van der Waals surface area contributed by atoms with E-state index in [-0.39, 0.29) is 29.3 Å². The van der Waals surface area contributed by atoms with E-state index in [9.17, 15) is 0 Å². The molecule has 0 amide bonds. The van der Waals surface area contributed by atoms with Crippen molar-refractivity contribution >= 4 is 17.0 Å². The lowest BCUT2D eigenvalue weighted by molar-refractivity contribution is 0.275. The molecular weight excluding hydrogens is 196 g/mol. The second-order valence-electron chi connectivity index (χ2n) is 1.79. The molecule has 0 saturated heterocycles. The van der Waals surface area contributed by atoms with Gasteiger partial charge in [0.05, 0.1) is 6.61 Å². The van der Waals surface area contributed by atoms with Crippen LogP contribution in [0.3, 0.4) is 0 Å². The van der Waals surface area contributed by atoms with Crippen molar-refractivity contribution in [3.05, 3.63) is 29.8 Å². The summed E-state index contributed by atoms with van der Waals surface area (Å²) in [6, 6.07) is 6.71. The Hall–Kier alpha value is -0.540. The highest BCUT2D eigenvalue weighted by atomic mass is 79.9. The molecule has 1 aromatic carbocycles. The second kappa shape index (κ2) is 4.30. The maximum absolute atomic E-state index is 8.95. The molecule has 0 aromatic heterocycles. The summed E-state index contributed by atoms with van der Waals surface area (Å²) in [4.78, 5) is 0. The van der Waals surface area contributed by atoms with Gasteiger partial charge < -0.3 is 10.2 Å². The van der Waals surface area contributed by atoms with E-state index in [0.717, 1.165) is 0 Å². The largest absolute Gasteiger partial charge is 0.508 e. The molecule has 0 heterocycles. The number of halogens is 1. The summed E-state index contributed by atoms with van der Waals surface area (Å²) in [5.74, 6) is 0.153. The van der Waals surface area contributed by atoms with Crippen LogP contribution in [0.25, 0.3) is 0 Å². The summed E-state index contributed by atoms with van der Waals surface area (Å²) in [5, 5.41) is 17.5. The highest BCUT2D eigenvalue weighted by molar-refractivity contribution is 8.93. The molecule has 0 spiro atoms. The van der Waals surface area contributed by atoms with Gasteiger partial charge in [-0.05, 0) is 6.07 Å². The summed E-state index contributed by atoms with van der Waals surface area (Å²) < 4.78 is 0. The molecule has 0 bridgehead atoms. The third kappa shape index (κ3) is 2.01. The number of aliphatic hydroxyl groups is 1. The lowest BCUT2D eigenvalue weighted by Crippen LogP contribution is -1.80. The van der Waals surface area contributed by atoms with Crippen LogP contribution in [0.4, 0.5) is 0 Å². The summed E-state index contributed by atoms with van der Waals surface area (Å²) in [5.41, 5.74) is 0.567. The number of aromatic hydroxyl groups is 1. The summed E-state index contributed by atoms with van der Waals surface area (Å²) in [6.07, 6.45) is 0. The van der Waals surface area contributed by atoms with Crippen LogP contribution in [0, 0.1) is 0 Å². The maximum Gasteiger partial charge on any atom is 0.121 e. The molecular formula is C7H9BrO2. The van der Waals surface area contributed by atoms with Crippen LogP contribution < -0.4 is 0 Å². The standard InChI is InChI=1S/C7H8O2.BrH/c8-5-6-3-1-2-4-7(6)9;/h1-4,8-9H,5H2;1H. The van der Waals surface area contributed by atoms with E-state index in [1.165, 1.54) is 0 Å². The molecule has 56 valence electrons. The molecule has 0 aliphatic heterocycles. The van der Waals surface area contributed by atoms with Crippen LogP contribution in [0.5, 0.6) is 5.75 Å². The minimum Gasteiger partial charge on any atom is -0.508 e. The molecule has 10 heavy (non-hydrogen) atoms. The Kier molecular flexibility index (Phi) is 4.07. The maximum atomic E-state index is 8.95. The Bertz CT molecular complexity index is 201. The van der Waals surface area contributed by atoms with E-state index >= 15 is 0 Å². The average molecular weight is 205 g/mol. The third-order valence-electron chi connectivity index (χ3n) is 1.16. The van der Waals surface area contributed by atoms with Crippen LogP contribution in [-0.2, 0) is 6.61 Å². The van der Waals surface area contributed by atoms with Gasteiger partial charge in [0, 0.05) is 5.56 Å². The summed E-state index contributed by atoms with van der Waals surface area (Å²) >= 11 is 0. The zero-order valence-corrected chi connectivity index (χ0v) is 7.03. The highest BCUT2D eigenvalue weighted by Crippen LogP contribution is 2.14. The Morgan fingerprint density at radius 2 is 1.80 bits per heavy atom. The first-order valence-electron chi connectivity index (χ1n) is 2.72. The number of benzene rings is 1. The fourth-order valence-corrected chi connectivity index (χ4v) is 0.645. The SMILES string of the molecule is Br.OCc1ccccc1O. The molecule has 2 nitrogen and oxygen atoms in total. The molecule has 0 aliphatic carbocycles. The van der Waals surface area contributed by atoms with Crippen LogP contribution in [0.15, 0.2) is 24.3 Å². The van der Waals surface area contributed by atoms with E-state index in [1.807, 2.05) is 0 Å². The van der Waals surface area contributed by atoms with Gasteiger partial charge in [0.15, 0.2) is 0 Å². The number of para-hydroxylation sites is 1. The van der Waals surface area contributed by atoms with Gasteiger partial charge in [0.1, 0.15) is 5.75 Å². The average Bonchev–Trinajstić information content (AvgIpc) is 1.89. The molecule has 0 unspecified atom stereocenters. The quantitative estimate of drug-likeness (QED) is 0.728. The van der Waals surface area contributed by atoms with Gasteiger partial charge in [-0.1, -0.05) is 18.2 Å². The van der Waals surface area contributed by atoms with Crippen LogP contribution in [0.1, 0.15) is 5.56 Å². The highest BCUT2D eigenvalue weighted by Gasteiger charge is 1.93. The van der Waals surface area contributed by atoms with Crippen molar-refractivity contribution in [1.82, 2.24) is 0 Å². The van der Waals surface area contributed by atoms with Crippen molar-refractivity contribution in [3.8, 4) is 5.75 Å². The van der Waals surface area contributed by atoms with Crippen molar-refractivity contribution in [3.63, 3.8) is 0 Å². The molecule has 2 N–H and O–H groups in total. The minimum atomic E-state index is -0.104. The minimum absolute atomic E-state index is 0. The van der Waals surface area contributed by atoms with Gasteiger partial charge in [-0.15, -0.1) is 17.0 Å². The lowest BCUT2D eigenvalue weighted by Gasteiger charge is -1.96. The molecule has 0 aliphatic rings. The van der Waals surface area contributed by atoms with Crippen molar-refractivity contribution < 1.29 is 10.2 Å². The van der Waals surface area contributed by atoms with E-state index in [4.69, 9.17) is 10.2 Å². The molecule has 1 aromatic rings. The fraction of sp³-hybridized carbons (Fsp3) is 0.143. The fourth-order valence-electron chi connectivity index (χ4n) is 0.645. The Labute approximate surface area is 69.9 Å². The summed E-state index contributed by atoms with van der Waals surface area (Å²) in [7, 11) is 0. The van der Waals surface area contributed by atoms with Gasteiger partial charge in [0.25, 0.3) is 0 Å². The zero-order valence-electron chi connectivity index (χ0n) is 5.32. The third-order valence-corrected chi connectivity index (χ3v) is 1.16. The molecule has 0 saturated carbocycles. The van der Waals surface area contributed by atoms with Gasteiger partial charge in [-0.3, -0.25) is 0 Å². The molecule has 3 heteroatoms. The van der Waals surface area contributed by atoms with Crippen molar-refractivity contribution in [2.45, 2.75) is 6.61 Å². The first-order valence-corrected chi connectivity index (χ1v) is 2.72. The van der Waals surface area contributed by atoms with Crippen molar-refractivity contribution in [1.29, 1.82) is 0 Å². The summed E-state index contributed by atoms with van der Waals surface area (Å²) in [6.45, 7) is -0.104. The molecule has 0 radical (unpaired) electrons. The zero-order chi connectivity index (χ0) is 6.69. The first kappa shape index (κ1) is 9.46. The Balaban J connectivity index is 0.000000810. The molecule has 1 rings (SSSR count). The van der Waals surface area contributed by atoms with Crippen molar-refractivity contribution in [2.75, 3.05) is 0 Å². The predicted octanol–water partition coefficient (Wildman–Crippen LogP) is 1.46. The van der Waals surface area contributed by atoms with E-state index in [1.54, 1.807) is 24.3 Å². The van der Waals surface area contributed by atoms with Gasteiger partial charge in [-0.25, -0.2) is 0 Å². The normalized spacial score (nSPS) is 8.50. The number of hydrogen-bond donors (Lipinski definition) is 2. The second-order valence-corrected chi connectivity index (χ2v) is 1.79. The number of phenols is 1. The van der Waals surface area contributed by atoms with Crippen molar-refractivity contribution in [2.24, 2.45) is 0 Å². The first-order chi connectivity index (χ1) is 4.34. The van der Waals surface area contributed by atoms with E-state index in [2.05, 4.69) is 0 Å².